The number of halogens is 1. The molecule has 0 aliphatic heterocycles. The highest BCUT2D eigenvalue weighted by molar-refractivity contribution is 5.90. The smallest absolute Gasteiger partial charge is 0.224 e. The van der Waals surface area contributed by atoms with Gasteiger partial charge in [-0.1, -0.05) is 24.3 Å². The maximum absolute atomic E-state index is 12.8. The van der Waals surface area contributed by atoms with Gasteiger partial charge in [0.15, 0.2) is 0 Å². The lowest BCUT2D eigenvalue weighted by Gasteiger charge is -2.15. The van der Waals surface area contributed by atoms with Crippen LogP contribution in [0.2, 0.25) is 0 Å². The first-order valence-electron chi connectivity index (χ1n) is 7.30. The Kier molecular flexibility index (Phi) is 5.46. The highest BCUT2D eigenvalue weighted by Gasteiger charge is 2.07. The average molecular weight is 314 g/mol. The molecule has 0 aliphatic carbocycles. The lowest BCUT2D eigenvalue weighted by Crippen LogP contribution is -2.25. The Morgan fingerprint density at radius 1 is 1.00 bits per heavy atom. The van der Waals surface area contributed by atoms with E-state index < -0.39 is 0 Å². The molecule has 2 aromatic rings. The van der Waals surface area contributed by atoms with Crippen molar-refractivity contribution in [3.8, 4) is 0 Å². The van der Waals surface area contributed by atoms with Crippen molar-refractivity contribution in [1.29, 1.82) is 0 Å². The molecule has 5 heteroatoms. The summed E-state index contributed by atoms with van der Waals surface area (Å²) in [7, 11) is 1.70. The number of nitrogens with zero attached hydrogens (tertiary/aromatic N) is 1. The van der Waals surface area contributed by atoms with E-state index in [-0.39, 0.29) is 24.1 Å². The van der Waals surface area contributed by atoms with Crippen molar-refractivity contribution in [3.63, 3.8) is 0 Å². The van der Waals surface area contributed by atoms with Crippen LogP contribution in [0, 0.1) is 5.82 Å². The van der Waals surface area contributed by atoms with Crippen LogP contribution in [0.15, 0.2) is 48.5 Å². The largest absolute Gasteiger partial charge is 0.352 e. The lowest BCUT2D eigenvalue weighted by molar-refractivity contribution is -0.120. The van der Waals surface area contributed by atoms with E-state index in [2.05, 4.69) is 5.32 Å². The predicted octanol–water partition coefficient (Wildman–Crippen LogP) is 2.67. The van der Waals surface area contributed by atoms with Crippen molar-refractivity contribution in [2.75, 3.05) is 11.9 Å². The molecule has 0 bridgehead atoms. The van der Waals surface area contributed by atoms with E-state index in [1.165, 1.54) is 19.1 Å². The highest BCUT2D eigenvalue weighted by atomic mass is 19.1. The summed E-state index contributed by atoms with van der Waals surface area (Å²) in [6.45, 7) is 1.86. The van der Waals surface area contributed by atoms with E-state index in [0.29, 0.717) is 6.54 Å². The zero-order valence-corrected chi connectivity index (χ0v) is 13.2. The molecule has 0 saturated carbocycles. The molecule has 0 atom stereocenters. The Labute approximate surface area is 134 Å². The van der Waals surface area contributed by atoms with Gasteiger partial charge in [-0.05, 0) is 35.4 Å². The first-order chi connectivity index (χ1) is 11.0. The van der Waals surface area contributed by atoms with Crippen molar-refractivity contribution in [1.82, 2.24) is 5.32 Å². The van der Waals surface area contributed by atoms with E-state index in [1.807, 2.05) is 24.3 Å². The van der Waals surface area contributed by atoms with Gasteiger partial charge in [0.25, 0.3) is 0 Å². The summed E-state index contributed by atoms with van der Waals surface area (Å²) in [5.74, 6) is -0.451. The summed E-state index contributed by atoms with van der Waals surface area (Å²) in [4.78, 5) is 24.8. The third-order valence-corrected chi connectivity index (χ3v) is 3.56. The Balaban J connectivity index is 1.87. The summed E-state index contributed by atoms with van der Waals surface area (Å²) in [5, 5.41) is 2.80. The Morgan fingerprint density at radius 2 is 1.57 bits per heavy atom. The summed E-state index contributed by atoms with van der Waals surface area (Å²) in [5.41, 5.74) is 2.49. The molecule has 0 aliphatic rings. The maximum atomic E-state index is 12.8. The van der Waals surface area contributed by atoms with E-state index in [4.69, 9.17) is 0 Å². The van der Waals surface area contributed by atoms with Crippen molar-refractivity contribution >= 4 is 17.5 Å². The van der Waals surface area contributed by atoms with Gasteiger partial charge in [-0.25, -0.2) is 4.39 Å². The standard InChI is InChI=1S/C18H19FN2O2/c1-13(22)21(2)17-9-5-14(6-10-17)11-18(23)20-12-15-3-7-16(19)8-4-15/h3-10H,11-12H2,1-2H3,(H,20,23). The number of anilines is 1. The van der Waals surface area contributed by atoms with Crippen molar-refractivity contribution in [2.24, 2.45) is 0 Å². The minimum absolute atomic E-state index is 0.0465. The molecule has 120 valence electrons. The van der Waals surface area contributed by atoms with Crippen LogP contribution in [-0.4, -0.2) is 18.9 Å². The third-order valence-electron chi connectivity index (χ3n) is 3.56. The normalized spacial score (nSPS) is 10.2. The van der Waals surface area contributed by atoms with Gasteiger partial charge in [-0.15, -0.1) is 0 Å². The quantitative estimate of drug-likeness (QED) is 0.922. The molecule has 0 fully saturated rings. The number of benzene rings is 2. The molecule has 0 spiro atoms. The number of carbonyl (C=O) groups excluding carboxylic acids is 2. The Bertz CT molecular complexity index is 681. The molecule has 23 heavy (non-hydrogen) atoms. The number of rotatable bonds is 5. The number of nitrogens with one attached hydrogen (secondary N) is 1. The molecule has 2 amide bonds. The molecular formula is C18H19FN2O2. The van der Waals surface area contributed by atoms with Crippen LogP contribution >= 0.6 is 0 Å². The fourth-order valence-corrected chi connectivity index (χ4v) is 2.07. The Hall–Kier alpha value is -2.69. The highest BCUT2D eigenvalue weighted by Crippen LogP contribution is 2.14. The predicted molar refractivity (Wildman–Crippen MR) is 87.5 cm³/mol. The summed E-state index contributed by atoms with van der Waals surface area (Å²) >= 11 is 0. The molecule has 0 unspecified atom stereocenters. The maximum Gasteiger partial charge on any atom is 0.224 e. The molecule has 0 radical (unpaired) electrons. The summed E-state index contributed by atoms with van der Waals surface area (Å²) < 4.78 is 12.8. The van der Waals surface area contributed by atoms with Gasteiger partial charge in [0, 0.05) is 26.2 Å². The monoisotopic (exact) mass is 314 g/mol. The molecule has 0 saturated heterocycles. The number of hydrogen-bond acceptors (Lipinski definition) is 2. The number of amides is 2. The fourth-order valence-electron chi connectivity index (χ4n) is 2.07. The SMILES string of the molecule is CC(=O)N(C)c1ccc(CC(=O)NCc2ccc(F)cc2)cc1. The van der Waals surface area contributed by atoms with E-state index in [9.17, 15) is 14.0 Å². The first kappa shape index (κ1) is 16.7. The Morgan fingerprint density at radius 3 is 2.13 bits per heavy atom. The lowest BCUT2D eigenvalue weighted by atomic mass is 10.1. The molecule has 1 N–H and O–H groups in total. The fraction of sp³-hybridized carbons (Fsp3) is 0.222. The third kappa shape index (κ3) is 4.92. The number of hydrogen-bond donors (Lipinski definition) is 1. The average Bonchev–Trinajstić information content (AvgIpc) is 2.54. The van der Waals surface area contributed by atoms with Gasteiger partial charge >= 0.3 is 0 Å². The van der Waals surface area contributed by atoms with Crippen LogP contribution in [-0.2, 0) is 22.6 Å². The molecule has 2 aromatic carbocycles. The molecule has 4 nitrogen and oxygen atoms in total. The van der Waals surface area contributed by atoms with Crippen LogP contribution in [0.3, 0.4) is 0 Å². The molecule has 0 heterocycles. The van der Waals surface area contributed by atoms with Gasteiger partial charge in [-0.2, -0.15) is 0 Å². The summed E-state index contributed by atoms with van der Waals surface area (Å²) in [6, 6.07) is 13.3. The second-order valence-electron chi connectivity index (χ2n) is 5.32. The summed E-state index contributed by atoms with van der Waals surface area (Å²) in [6.07, 6.45) is 0.255. The van der Waals surface area contributed by atoms with Gasteiger partial charge in [0.1, 0.15) is 5.82 Å². The number of carbonyl (C=O) groups is 2. The zero-order chi connectivity index (χ0) is 16.8. The zero-order valence-electron chi connectivity index (χ0n) is 13.2. The van der Waals surface area contributed by atoms with Crippen LogP contribution in [0.1, 0.15) is 18.1 Å². The molecule has 2 rings (SSSR count). The molecular weight excluding hydrogens is 295 g/mol. The van der Waals surface area contributed by atoms with Gasteiger partial charge < -0.3 is 10.2 Å². The van der Waals surface area contributed by atoms with E-state index in [0.717, 1.165) is 16.8 Å². The minimum atomic E-state index is -0.296. The first-order valence-corrected chi connectivity index (χ1v) is 7.30. The van der Waals surface area contributed by atoms with Crippen molar-refractivity contribution < 1.29 is 14.0 Å². The second-order valence-corrected chi connectivity index (χ2v) is 5.32. The van der Waals surface area contributed by atoms with Crippen molar-refractivity contribution in [2.45, 2.75) is 19.9 Å². The van der Waals surface area contributed by atoms with E-state index in [1.54, 1.807) is 24.1 Å². The van der Waals surface area contributed by atoms with Crippen LogP contribution in [0.4, 0.5) is 10.1 Å². The van der Waals surface area contributed by atoms with Crippen LogP contribution in [0.5, 0.6) is 0 Å². The van der Waals surface area contributed by atoms with Crippen LogP contribution in [0.25, 0.3) is 0 Å². The van der Waals surface area contributed by atoms with Gasteiger partial charge in [0.05, 0.1) is 6.42 Å². The van der Waals surface area contributed by atoms with E-state index >= 15 is 0 Å². The minimum Gasteiger partial charge on any atom is -0.352 e. The topological polar surface area (TPSA) is 49.4 Å². The van der Waals surface area contributed by atoms with Gasteiger partial charge in [-0.3, -0.25) is 9.59 Å². The van der Waals surface area contributed by atoms with Crippen molar-refractivity contribution in [3.05, 3.63) is 65.5 Å². The van der Waals surface area contributed by atoms with Crippen LogP contribution < -0.4 is 10.2 Å². The molecule has 0 aromatic heterocycles. The second kappa shape index (κ2) is 7.54. The van der Waals surface area contributed by atoms with Gasteiger partial charge in [0.2, 0.25) is 11.8 Å².